The second-order valence-corrected chi connectivity index (χ2v) is 2.59. The lowest BCUT2D eigenvalue weighted by molar-refractivity contribution is -0.115. The first-order valence-corrected chi connectivity index (χ1v) is 4.24. The summed E-state index contributed by atoms with van der Waals surface area (Å²) in [6, 6.07) is 0. The Morgan fingerprint density at radius 1 is 1.42 bits per heavy atom. The lowest BCUT2D eigenvalue weighted by Crippen LogP contribution is -1.99. The lowest BCUT2D eigenvalue weighted by Gasteiger charge is -1.98. The molecule has 0 saturated carbocycles. The molecule has 0 heterocycles. The fourth-order valence-electron chi connectivity index (χ4n) is 0.883. The highest BCUT2D eigenvalue weighted by Crippen LogP contribution is 2.05. The maximum absolute atomic E-state index is 11.3. The zero-order valence-corrected chi connectivity index (χ0v) is 7.68. The largest absolute Gasteiger partial charge is 0.294 e. The Morgan fingerprint density at radius 3 is 2.50 bits per heavy atom. The Hall–Kier alpha value is -1.11. The van der Waals surface area contributed by atoms with Crippen molar-refractivity contribution in [2.24, 2.45) is 0 Å². The number of unbranched alkanes of at least 4 members (excludes halogenated alkanes) is 1. The molecular formula is C11H16O. The van der Waals surface area contributed by atoms with Crippen molar-refractivity contribution in [3.05, 3.63) is 37.0 Å². The van der Waals surface area contributed by atoms with Crippen LogP contribution in [0.1, 0.15) is 26.2 Å². The summed E-state index contributed by atoms with van der Waals surface area (Å²) in [5, 5.41) is 0. The number of Topliss-reactive ketones (excluding diaryl/α,β-unsaturated/α-hetero) is 1. The van der Waals surface area contributed by atoms with Gasteiger partial charge in [0.25, 0.3) is 0 Å². The van der Waals surface area contributed by atoms with Gasteiger partial charge in [0.2, 0.25) is 0 Å². The van der Waals surface area contributed by atoms with E-state index in [0.29, 0.717) is 12.0 Å². The molecule has 0 rings (SSSR count). The molecule has 0 aliphatic heterocycles. The standard InChI is InChI=1S/C11H16O/c1-4-7-9-11(12)10(6-3)8-5-2/h5-6,8H,2-4,7,9H2,1H3/b10-8+. The highest BCUT2D eigenvalue weighted by Gasteiger charge is 2.03. The van der Waals surface area contributed by atoms with Crippen LogP contribution in [0.2, 0.25) is 0 Å². The van der Waals surface area contributed by atoms with E-state index in [1.54, 1.807) is 18.2 Å². The molecule has 0 N–H and O–H groups in total. The second-order valence-electron chi connectivity index (χ2n) is 2.59. The van der Waals surface area contributed by atoms with E-state index in [2.05, 4.69) is 20.1 Å². The molecule has 0 unspecified atom stereocenters. The molecule has 0 spiro atoms. The molecule has 0 radical (unpaired) electrons. The van der Waals surface area contributed by atoms with Crippen molar-refractivity contribution in [3.63, 3.8) is 0 Å². The molecule has 1 nitrogen and oxygen atoms in total. The van der Waals surface area contributed by atoms with Crippen molar-refractivity contribution < 1.29 is 4.79 Å². The van der Waals surface area contributed by atoms with Gasteiger partial charge in [-0.3, -0.25) is 4.79 Å². The van der Waals surface area contributed by atoms with Crippen molar-refractivity contribution in [1.29, 1.82) is 0 Å². The summed E-state index contributed by atoms with van der Waals surface area (Å²) in [6.07, 6.45) is 7.50. The molecule has 0 amide bonds. The summed E-state index contributed by atoms with van der Waals surface area (Å²) in [7, 11) is 0. The van der Waals surface area contributed by atoms with Gasteiger partial charge >= 0.3 is 0 Å². The first-order chi connectivity index (χ1) is 5.76. The molecule has 0 aromatic heterocycles. The lowest BCUT2D eigenvalue weighted by atomic mass is 10.1. The van der Waals surface area contributed by atoms with Crippen LogP contribution >= 0.6 is 0 Å². The number of hydrogen-bond acceptors (Lipinski definition) is 1. The number of carbonyl (C=O) groups excluding carboxylic acids is 1. The minimum atomic E-state index is 0.159. The average Bonchev–Trinajstić information content (AvgIpc) is 2.10. The van der Waals surface area contributed by atoms with Crippen molar-refractivity contribution in [1.82, 2.24) is 0 Å². The van der Waals surface area contributed by atoms with Crippen LogP contribution in [0.25, 0.3) is 0 Å². The Bertz CT molecular complexity index is 199. The van der Waals surface area contributed by atoms with E-state index >= 15 is 0 Å². The van der Waals surface area contributed by atoms with E-state index in [4.69, 9.17) is 0 Å². The smallest absolute Gasteiger partial charge is 0.162 e. The number of carbonyl (C=O) groups is 1. The topological polar surface area (TPSA) is 17.1 Å². The number of hydrogen-bond donors (Lipinski definition) is 0. The van der Waals surface area contributed by atoms with Gasteiger partial charge < -0.3 is 0 Å². The van der Waals surface area contributed by atoms with E-state index in [0.717, 1.165) is 12.8 Å². The van der Waals surface area contributed by atoms with Crippen molar-refractivity contribution in [3.8, 4) is 0 Å². The maximum atomic E-state index is 11.3. The Kier molecular flexibility index (Phi) is 5.98. The van der Waals surface area contributed by atoms with Gasteiger partial charge in [-0.05, 0) is 6.42 Å². The fourth-order valence-corrected chi connectivity index (χ4v) is 0.883. The normalized spacial score (nSPS) is 10.9. The van der Waals surface area contributed by atoms with Crippen molar-refractivity contribution in [2.75, 3.05) is 0 Å². The zero-order valence-electron chi connectivity index (χ0n) is 7.68. The average molecular weight is 164 g/mol. The third kappa shape index (κ3) is 3.91. The van der Waals surface area contributed by atoms with Crippen LogP contribution in [0.5, 0.6) is 0 Å². The van der Waals surface area contributed by atoms with Gasteiger partial charge in [-0.1, -0.05) is 44.7 Å². The van der Waals surface area contributed by atoms with Gasteiger partial charge in [0.15, 0.2) is 5.78 Å². The summed E-state index contributed by atoms with van der Waals surface area (Å²) in [5.41, 5.74) is 0.665. The minimum absolute atomic E-state index is 0.159. The van der Waals surface area contributed by atoms with Gasteiger partial charge in [-0.15, -0.1) is 0 Å². The predicted octanol–water partition coefficient (Wildman–Crippen LogP) is 3.04. The van der Waals surface area contributed by atoms with Crippen molar-refractivity contribution in [2.45, 2.75) is 26.2 Å². The Balaban J connectivity index is 4.12. The van der Waals surface area contributed by atoms with Crippen LogP contribution in [0.3, 0.4) is 0 Å². The van der Waals surface area contributed by atoms with E-state index in [-0.39, 0.29) is 5.78 Å². The molecule has 0 aliphatic carbocycles. The monoisotopic (exact) mass is 164 g/mol. The van der Waals surface area contributed by atoms with Crippen molar-refractivity contribution >= 4 is 5.78 Å². The van der Waals surface area contributed by atoms with Crippen LogP contribution < -0.4 is 0 Å². The molecule has 0 aromatic carbocycles. The first-order valence-electron chi connectivity index (χ1n) is 4.24. The summed E-state index contributed by atoms with van der Waals surface area (Å²) < 4.78 is 0. The van der Waals surface area contributed by atoms with Crippen LogP contribution in [0.4, 0.5) is 0 Å². The number of rotatable bonds is 6. The molecule has 0 aromatic rings. The zero-order chi connectivity index (χ0) is 9.40. The third-order valence-electron chi connectivity index (χ3n) is 1.60. The van der Waals surface area contributed by atoms with E-state index < -0.39 is 0 Å². The van der Waals surface area contributed by atoms with Gasteiger partial charge in [0, 0.05) is 12.0 Å². The predicted molar refractivity (Wildman–Crippen MR) is 53.0 cm³/mol. The highest BCUT2D eigenvalue weighted by molar-refractivity contribution is 5.98. The molecule has 1 heteroatoms. The molecule has 12 heavy (non-hydrogen) atoms. The SMILES string of the molecule is C=C/C=C(\C=C)C(=O)CCCC. The summed E-state index contributed by atoms with van der Waals surface area (Å²) in [4.78, 5) is 11.3. The first kappa shape index (κ1) is 10.9. The Morgan fingerprint density at radius 2 is 2.08 bits per heavy atom. The summed E-state index contributed by atoms with van der Waals surface area (Å²) in [5.74, 6) is 0.159. The molecule has 0 saturated heterocycles. The van der Waals surface area contributed by atoms with Crippen LogP contribution in [0.15, 0.2) is 37.0 Å². The van der Waals surface area contributed by atoms with Gasteiger partial charge in [0.05, 0.1) is 0 Å². The molecular weight excluding hydrogens is 148 g/mol. The molecule has 0 bridgehead atoms. The fraction of sp³-hybridized carbons (Fsp3) is 0.364. The number of ketones is 1. The maximum Gasteiger partial charge on any atom is 0.162 e. The second kappa shape index (κ2) is 6.59. The third-order valence-corrected chi connectivity index (χ3v) is 1.60. The van der Waals surface area contributed by atoms with Gasteiger partial charge in [-0.2, -0.15) is 0 Å². The number of allylic oxidation sites excluding steroid dienone is 4. The Labute approximate surface area is 74.5 Å². The molecule has 0 aliphatic rings. The van der Waals surface area contributed by atoms with Crippen LogP contribution in [-0.2, 0) is 4.79 Å². The van der Waals surface area contributed by atoms with Gasteiger partial charge in [0.1, 0.15) is 0 Å². The summed E-state index contributed by atoms with van der Waals surface area (Å²) in [6.45, 7) is 9.17. The molecule has 0 fully saturated rings. The van der Waals surface area contributed by atoms with Gasteiger partial charge in [-0.25, -0.2) is 0 Å². The van der Waals surface area contributed by atoms with E-state index in [1.165, 1.54) is 0 Å². The van der Waals surface area contributed by atoms with E-state index in [1.807, 2.05) is 0 Å². The quantitative estimate of drug-likeness (QED) is 0.435. The molecule has 66 valence electrons. The summed E-state index contributed by atoms with van der Waals surface area (Å²) >= 11 is 0. The van der Waals surface area contributed by atoms with Crippen LogP contribution in [-0.4, -0.2) is 5.78 Å². The van der Waals surface area contributed by atoms with E-state index in [9.17, 15) is 4.79 Å². The molecule has 0 atom stereocenters. The van der Waals surface area contributed by atoms with Crippen LogP contribution in [0, 0.1) is 0 Å². The minimum Gasteiger partial charge on any atom is -0.294 e. The highest BCUT2D eigenvalue weighted by atomic mass is 16.1.